The molecule has 0 unspecified atom stereocenters. The summed E-state index contributed by atoms with van der Waals surface area (Å²) >= 11 is 1.53. The largest absolute Gasteiger partial charge is 0.448 e. The average molecular weight is 364 g/mol. The number of fused-ring (bicyclic) bond motifs is 1. The first-order valence-corrected chi connectivity index (χ1v) is 10.4. The van der Waals surface area contributed by atoms with Crippen LogP contribution in [-0.2, 0) is 22.4 Å². The normalized spacial score (nSPS) is 22.1. The number of nitrogens with one attached hydrogen (secondary N) is 1. The Bertz CT molecular complexity index is 618. The fourth-order valence-electron chi connectivity index (χ4n) is 3.86. The van der Waals surface area contributed by atoms with Crippen LogP contribution in [0.25, 0.3) is 0 Å². The molecular weight excluding hydrogens is 334 g/mol. The summed E-state index contributed by atoms with van der Waals surface area (Å²) in [6.45, 7) is 4.60. The second-order valence-electron chi connectivity index (χ2n) is 7.70. The van der Waals surface area contributed by atoms with E-state index in [2.05, 4.69) is 12.2 Å². The van der Waals surface area contributed by atoms with Crippen LogP contribution in [0.4, 0.5) is 0 Å². The van der Waals surface area contributed by atoms with Crippen LogP contribution in [0, 0.1) is 11.8 Å². The molecule has 1 N–H and O–H groups in total. The fraction of sp³-hybridized carbons (Fsp3) is 0.700. The highest BCUT2D eigenvalue weighted by Crippen LogP contribution is 2.32. The molecule has 1 heterocycles. The summed E-state index contributed by atoms with van der Waals surface area (Å²) in [4.78, 5) is 26.5. The minimum absolute atomic E-state index is 0.186. The molecule has 2 atom stereocenters. The topological polar surface area (TPSA) is 55.4 Å². The van der Waals surface area contributed by atoms with Gasteiger partial charge < -0.3 is 10.1 Å². The molecule has 2 aliphatic carbocycles. The smallest absolute Gasteiger partial charge is 0.349 e. The second-order valence-corrected chi connectivity index (χ2v) is 8.84. The quantitative estimate of drug-likeness (QED) is 0.801. The molecular formula is C20H29NO3S. The minimum atomic E-state index is -0.742. The second kappa shape index (κ2) is 8.35. The van der Waals surface area contributed by atoms with Crippen LogP contribution in [0.5, 0.6) is 0 Å². The van der Waals surface area contributed by atoms with Gasteiger partial charge in [0.2, 0.25) is 0 Å². The summed E-state index contributed by atoms with van der Waals surface area (Å²) in [5, 5.41) is 2.95. The first kappa shape index (κ1) is 18.4. The van der Waals surface area contributed by atoms with Crippen LogP contribution in [0.15, 0.2) is 6.07 Å². The third kappa shape index (κ3) is 4.84. The molecule has 1 amide bonds. The first-order valence-electron chi connectivity index (χ1n) is 9.63. The highest BCUT2D eigenvalue weighted by atomic mass is 32.1. The van der Waals surface area contributed by atoms with Crippen molar-refractivity contribution in [3.05, 3.63) is 21.4 Å². The number of rotatable bonds is 5. The van der Waals surface area contributed by atoms with Gasteiger partial charge in [-0.05, 0) is 62.5 Å². The Morgan fingerprint density at radius 1 is 1.28 bits per heavy atom. The molecule has 1 saturated carbocycles. The van der Waals surface area contributed by atoms with Crippen molar-refractivity contribution in [3.63, 3.8) is 0 Å². The molecule has 0 bridgehead atoms. The number of amides is 1. The van der Waals surface area contributed by atoms with Crippen LogP contribution >= 0.6 is 11.3 Å². The van der Waals surface area contributed by atoms with Gasteiger partial charge in [-0.15, -0.1) is 11.3 Å². The SMILES string of the molecule is C[C@@H]1CCc2sc(C(=O)O[C@@H](C)C(=O)NCC3CCCCC3)cc2C1. The van der Waals surface area contributed by atoms with Gasteiger partial charge in [-0.3, -0.25) is 4.79 Å². The number of ether oxygens (including phenoxy) is 1. The van der Waals surface area contributed by atoms with Crippen LogP contribution in [-0.4, -0.2) is 24.5 Å². The van der Waals surface area contributed by atoms with E-state index < -0.39 is 6.10 Å². The number of carbonyl (C=O) groups excluding carboxylic acids is 2. The number of hydrogen-bond acceptors (Lipinski definition) is 4. The predicted octanol–water partition coefficient (Wildman–Crippen LogP) is 4.11. The molecule has 0 saturated heterocycles. The number of hydrogen-bond donors (Lipinski definition) is 1. The number of thiophene rings is 1. The van der Waals surface area contributed by atoms with E-state index in [-0.39, 0.29) is 11.9 Å². The van der Waals surface area contributed by atoms with E-state index in [1.165, 1.54) is 60.3 Å². The van der Waals surface area contributed by atoms with Crippen LogP contribution in [0.2, 0.25) is 0 Å². The van der Waals surface area contributed by atoms with Crippen LogP contribution in [0.1, 0.15) is 72.5 Å². The van der Waals surface area contributed by atoms with Crippen molar-refractivity contribution >= 4 is 23.2 Å². The van der Waals surface area contributed by atoms with Crippen molar-refractivity contribution in [1.82, 2.24) is 5.32 Å². The van der Waals surface area contributed by atoms with Crippen molar-refractivity contribution in [1.29, 1.82) is 0 Å². The Balaban J connectivity index is 1.49. The maximum atomic E-state index is 12.4. The van der Waals surface area contributed by atoms with Gasteiger partial charge in [0.05, 0.1) is 0 Å². The van der Waals surface area contributed by atoms with Gasteiger partial charge >= 0.3 is 5.97 Å². The molecule has 138 valence electrons. The monoisotopic (exact) mass is 363 g/mol. The van der Waals surface area contributed by atoms with Gasteiger partial charge in [0.1, 0.15) is 4.88 Å². The highest BCUT2D eigenvalue weighted by molar-refractivity contribution is 7.14. The average Bonchev–Trinajstić information content (AvgIpc) is 3.03. The van der Waals surface area contributed by atoms with Crippen molar-refractivity contribution < 1.29 is 14.3 Å². The maximum Gasteiger partial charge on any atom is 0.349 e. The third-order valence-electron chi connectivity index (χ3n) is 5.47. The Labute approximate surface area is 154 Å². The molecule has 5 heteroatoms. The Morgan fingerprint density at radius 2 is 2.04 bits per heavy atom. The van der Waals surface area contributed by atoms with Gasteiger partial charge in [0, 0.05) is 11.4 Å². The van der Waals surface area contributed by atoms with Gasteiger partial charge in [-0.2, -0.15) is 0 Å². The number of esters is 1. The zero-order valence-electron chi connectivity index (χ0n) is 15.3. The summed E-state index contributed by atoms with van der Waals surface area (Å²) in [6, 6.07) is 1.96. The lowest BCUT2D eigenvalue weighted by molar-refractivity contribution is -0.129. The summed E-state index contributed by atoms with van der Waals surface area (Å²) in [6.07, 6.45) is 8.72. The molecule has 1 aromatic heterocycles. The van der Waals surface area contributed by atoms with Crippen LogP contribution < -0.4 is 5.32 Å². The summed E-state index contributed by atoms with van der Waals surface area (Å²) in [7, 11) is 0. The molecule has 0 radical (unpaired) electrons. The van der Waals surface area contributed by atoms with Crippen LogP contribution in [0.3, 0.4) is 0 Å². The summed E-state index contributed by atoms with van der Waals surface area (Å²) < 4.78 is 5.40. The van der Waals surface area contributed by atoms with Crippen molar-refractivity contribution in [3.8, 4) is 0 Å². The van der Waals surface area contributed by atoms with E-state index in [4.69, 9.17) is 4.74 Å². The van der Waals surface area contributed by atoms with Crippen molar-refractivity contribution in [2.75, 3.05) is 6.54 Å². The molecule has 25 heavy (non-hydrogen) atoms. The lowest BCUT2D eigenvalue weighted by Crippen LogP contribution is -2.38. The lowest BCUT2D eigenvalue weighted by atomic mass is 9.89. The minimum Gasteiger partial charge on any atom is -0.448 e. The molecule has 1 fully saturated rings. The van der Waals surface area contributed by atoms with E-state index >= 15 is 0 Å². The van der Waals surface area contributed by atoms with E-state index in [9.17, 15) is 9.59 Å². The van der Waals surface area contributed by atoms with Gasteiger partial charge in [0.15, 0.2) is 6.10 Å². The molecule has 3 rings (SSSR count). The molecule has 4 nitrogen and oxygen atoms in total. The summed E-state index contributed by atoms with van der Waals surface area (Å²) in [5.74, 6) is 0.698. The lowest BCUT2D eigenvalue weighted by Gasteiger charge is -2.22. The van der Waals surface area contributed by atoms with E-state index in [0.717, 1.165) is 12.8 Å². The molecule has 2 aliphatic rings. The van der Waals surface area contributed by atoms with E-state index in [0.29, 0.717) is 23.3 Å². The Hall–Kier alpha value is -1.36. The zero-order chi connectivity index (χ0) is 17.8. The van der Waals surface area contributed by atoms with E-state index in [1.54, 1.807) is 6.92 Å². The number of carbonyl (C=O) groups is 2. The van der Waals surface area contributed by atoms with Gasteiger partial charge in [-0.1, -0.05) is 26.2 Å². The highest BCUT2D eigenvalue weighted by Gasteiger charge is 2.24. The number of aryl methyl sites for hydroxylation is 1. The first-order chi connectivity index (χ1) is 12.0. The molecule has 0 aliphatic heterocycles. The van der Waals surface area contributed by atoms with Crippen molar-refractivity contribution in [2.24, 2.45) is 11.8 Å². The molecule has 1 aromatic rings. The zero-order valence-corrected chi connectivity index (χ0v) is 16.1. The van der Waals surface area contributed by atoms with Gasteiger partial charge in [0.25, 0.3) is 5.91 Å². The predicted molar refractivity (Wildman–Crippen MR) is 100.0 cm³/mol. The Kier molecular flexibility index (Phi) is 6.15. The molecule has 0 aromatic carbocycles. The third-order valence-corrected chi connectivity index (χ3v) is 6.69. The van der Waals surface area contributed by atoms with Crippen molar-refractivity contribution in [2.45, 2.75) is 71.3 Å². The maximum absolute atomic E-state index is 12.4. The van der Waals surface area contributed by atoms with E-state index in [1.807, 2.05) is 6.07 Å². The van der Waals surface area contributed by atoms with Gasteiger partial charge in [-0.25, -0.2) is 4.79 Å². The molecule has 0 spiro atoms. The fourth-order valence-corrected chi connectivity index (χ4v) is 4.95. The standard InChI is InChI=1S/C20H29NO3S/c1-13-8-9-17-16(10-13)11-18(25-17)20(23)24-14(2)19(22)21-12-15-6-4-3-5-7-15/h11,13-15H,3-10,12H2,1-2H3,(H,21,22)/t13-,14+/m1/s1. The Morgan fingerprint density at radius 3 is 2.80 bits per heavy atom. The summed E-state index contributed by atoms with van der Waals surface area (Å²) in [5.41, 5.74) is 1.28.